The van der Waals surface area contributed by atoms with E-state index < -0.39 is 6.04 Å². The molecule has 2 N–H and O–H groups in total. The van der Waals surface area contributed by atoms with E-state index in [1.807, 2.05) is 36.4 Å². The Balaban J connectivity index is 1.18. The summed E-state index contributed by atoms with van der Waals surface area (Å²) in [6, 6.07) is 18.7. The molecule has 3 aromatic carbocycles. The maximum absolute atomic E-state index is 13.4. The van der Waals surface area contributed by atoms with Crippen LogP contribution in [-0.4, -0.2) is 65.5 Å². The second-order valence-electron chi connectivity index (χ2n) is 9.75. The summed E-state index contributed by atoms with van der Waals surface area (Å²) in [7, 11) is 1.68. The third-order valence-corrected chi connectivity index (χ3v) is 7.42. The van der Waals surface area contributed by atoms with Gasteiger partial charge in [-0.05, 0) is 54.8 Å². The number of nitrogens with zero attached hydrogens (tertiary/aromatic N) is 2. The zero-order valence-electron chi connectivity index (χ0n) is 20.7. The first-order chi connectivity index (χ1) is 17.5. The number of likely N-dealkylation sites (tertiary alicyclic amines) is 2. The molecule has 1 unspecified atom stereocenters. The van der Waals surface area contributed by atoms with Crippen LogP contribution in [0.25, 0.3) is 10.8 Å². The van der Waals surface area contributed by atoms with E-state index in [1.165, 1.54) is 5.56 Å². The summed E-state index contributed by atoms with van der Waals surface area (Å²) in [6.07, 6.45) is 3.17. The number of hydrogen-bond acceptors (Lipinski definition) is 5. The van der Waals surface area contributed by atoms with Gasteiger partial charge in [-0.25, -0.2) is 0 Å². The topological polar surface area (TPSA) is 82.1 Å². The number of carbonyl (C=O) groups excluding carboxylic acids is 2. The number of phenols is 1. The van der Waals surface area contributed by atoms with Gasteiger partial charge < -0.3 is 20.1 Å². The third-order valence-electron chi connectivity index (χ3n) is 7.42. The van der Waals surface area contributed by atoms with E-state index in [-0.39, 0.29) is 29.2 Å². The minimum atomic E-state index is -0.502. The molecule has 2 saturated heterocycles. The Morgan fingerprint density at radius 2 is 1.81 bits per heavy atom. The molecule has 0 aromatic heterocycles. The summed E-state index contributed by atoms with van der Waals surface area (Å²) in [5.74, 6) is 0.464. The molecule has 0 radical (unpaired) electrons. The van der Waals surface area contributed by atoms with Crippen LogP contribution in [0.2, 0.25) is 0 Å². The number of fused-ring (bicyclic) bond motifs is 1. The van der Waals surface area contributed by atoms with E-state index in [4.69, 9.17) is 4.74 Å². The van der Waals surface area contributed by atoms with Gasteiger partial charge in [0.25, 0.3) is 5.91 Å². The number of amides is 2. The highest BCUT2D eigenvalue weighted by molar-refractivity contribution is 6.05. The highest BCUT2D eigenvalue weighted by atomic mass is 16.5. The highest BCUT2D eigenvalue weighted by Crippen LogP contribution is 2.31. The Kier molecular flexibility index (Phi) is 7.09. The Morgan fingerprint density at radius 3 is 2.61 bits per heavy atom. The minimum Gasteiger partial charge on any atom is -0.506 e. The standard InChI is InChI=1S/C29H33N3O4/c1-36-23-8-4-6-20(18-23)19-31-16-13-22(14-17-31)30-28(34)26-10-5-15-32(26)29(35)25-12-11-21-7-2-3-9-24(21)27(25)33/h2-4,6-9,11-12,18,22,26,33H,5,10,13-17,19H2,1H3,(H,30,34). The van der Waals surface area contributed by atoms with Crippen LogP contribution in [0.3, 0.4) is 0 Å². The monoisotopic (exact) mass is 487 g/mol. The number of aromatic hydroxyl groups is 1. The fourth-order valence-corrected chi connectivity index (χ4v) is 5.43. The number of piperidine rings is 1. The molecule has 36 heavy (non-hydrogen) atoms. The molecule has 5 rings (SSSR count). The van der Waals surface area contributed by atoms with Crippen LogP contribution < -0.4 is 10.1 Å². The van der Waals surface area contributed by atoms with Crippen LogP contribution in [0.4, 0.5) is 0 Å². The Hall–Kier alpha value is -3.58. The first-order valence-corrected chi connectivity index (χ1v) is 12.7. The first-order valence-electron chi connectivity index (χ1n) is 12.7. The summed E-state index contributed by atoms with van der Waals surface area (Å²) < 4.78 is 5.32. The smallest absolute Gasteiger partial charge is 0.258 e. The lowest BCUT2D eigenvalue weighted by molar-refractivity contribution is -0.125. The van der Waals surface area contributed by atoms with Crippen molar-refractivity contribution in [2.45, 2.75) is 44.3 Å². The van der Waals surface area contributed by atoms with E-state index in [0.717, 1.165) is 50.0 Å². The molecule has 0 spiro atoms. The fraction of sp³-hybridized carbons (Fsp3) is 0.379. The Morgan fingerprint density at radius 1 is 1.00 bits per heavy atom. The van der Waals surface area contributed by atoms with Crippen molar-refractivity contribution in [1.29, 1.82) is 0 Å². The van der Waals surface area contributed by atoms with Crippen LogP contribution >= 0.6 is 0 Å². The molecule has 2 aliphatic rings. The normalized spacial score (nSPS) is 18.9. The molecule has 2 fully saturated rings. The van der Waals surface area contributed by atoms with Gasteiger partial charge in [-0.3, -0.25) is 14.5 Å². The largest absolute Gasteiger partial charge is 0.506 e. The number of phenolic OH excluding ortho intramolecular Hbond substituents is 1. The van der Waals surface area contributed by atoms with Crippen molar-refractivity contribution in [2.75, 3.05) is 26.7 Å². The number of nitrogens with one attached hydrogen (secondary N) is 1. The molecular formula is C29H33N3O4. The van der Waals surface area contributed by atoms with Crippen molar-refractivity contribution in [3.8, 4) is 11.5 Å². The average Bonchev–Trinajstić information content (AvgIpc) is 3.40. The fourth-order valence-electron chi connectivity index (χ4n) is 5.43. The lowest BCUT2D eigenvalue weighted by Gasteiger charge is -2.33. The summed E-state index contributed by atoms with van der Waals surface area (Å²) in [5.41, 5.74) is 1.47. The van der Waals surface area contributed by atoms with E-state index in [1.54, 1.807) is 24.1 Å². The Labute approximate surface area is 211 Å². The second kappa shape index (κ2) is 10.6. The van der Waals surface area contributed by atoms with Gasteiger partial charge in [0.05, 0.1) is 12.7 Å². The zero-order valence-corrected chi connectivity index (χ0v) is 20.7. The van der Waals surface area contributed by atoms with Crippen molar-refractivity contribution in [2.24, 2.45) is 0 Å². The first kappa shape index (κ1) is 24.1. The lowest BCUT2D eigenvalue weighted by Crippen LogP contribution is -2.51. The van der Waals surface area contributed by atoms with Gasteiger partial charge in [-0.2, -0.15) is 0 Å². The maximum Gasteiger partial charge on any atom is 0.258 e. The SMILES string of the molecule is COc1cccc(CN2CCC(NC(=O)C3CCCN3C(=O)c3ccc4ccccc4c3O)CC2)c1. The average molecular weight is 488 g/mol. The third kappa shape index (κ3) is 5.02. The number of methoxy groups -OCH3 is 1. The Bertz CT molecular complexity index is 1250. The molecule has 2 amide bonds. The molecule has 2 aliphatic heterocycles. The zero-order chi connectivity index (χ0) is 25.1. The van der Waals surface area contributed by atoms with Gasteiger partial charge in [0.2, 0.25) is 5.91 Å². The molecule has 7 nitrogen and oxygen atoms in total. The van der Waals surface area contributed by atoms with Gasteiger partial charge in [-0.1, -0.05) is 42.5 Å². The van der Waals surface area contributed by atoms with Gasteiger partial charge in [0, 0.05) is 37.6 Å². The van der Waals surface area contributed by atoms with Crippen molar-refractivity contribution in [1.82, 2.24) is 15.1 Å². The van der Waals surface area contributed by atoms with E-state index in [0.29, 0.717) is 18.4 Å². The molecule has 0 aliphatic carbocycles. The van der Waals surface area contributed by atoms with Crippen LogP contribution in [0.15, 0.2) is 60.7 Å². The van der Waals surface area contributed by atoms with Crippen molar-refractivity contribution < 1.29 is 19.4 Å². The van der Waals surface area contributed by atoms with Crippen molar-refractivity contribution in [3.63, 3.8) is 0 Å². The van der Waals surface area contributed by atoms with Crippen LogP contribution in [0.1, 0.15) is 41.6 Å². The molecular weight excluding hydrogens is 454 g/mol. The molecule has 0 bridgehead atoms. The second-order valence-corrected chi connectivity index (χ2v) is 9.75. The summed E-state index contributed by atoms with van der Waals surface area (Å²) in [5, 5.41) is 15.5. The number of hydrogen-bond donors (Lipinski definition) is 2. The number of rotatable bonds is 6. The van der Waals surface area contributed by atoms with Crippen molar-refractivity contribution >= 4 is 22.6 Å². The molecule has 7 heteroatoms. The van der Waals surface area contributed by atoms with Gasteiger partial charge in [-0.15, -0.1) is 0 Å². The minimum absolute atomic E-state index is 0.0208. The molecule has 188 valence electrons. The molecule has 2 heterocycles. The summed E-state index contributed by atoms with van der Waals surface area (Å²) in [4.78, 5) is 30.6. The summed E-state index contributed by atoms with van der Waals surface area (Å²) in [6.45, 7) is 3.18. The molecule has 0 saturated carbocycles. The molecule has 1 atom stereocenters. The van der Waals surface area contributed by atoms with Crippen LogP contribution in [0, 0.1) is 0 Å². The maximum atomic E-state index is 13.4. The van der Waals surface area contributed by atoms with Gasteiger partial charge >= 0.3 is 0 Å². The van der Waals surface area contributed by atoms with E-state index in [9.17, 15) is 14.7 Å². The number of benzene rings is 3. The lowest BCUT2D eigenvalue weighted by atomic mass is 10.0. The highest BCUT2D eigenvalue weighted by Gasteiger charge is 2.36. The van der Waals surface area contributed by atoms with Gasteiger partial charge in [0.1, 0.15) is 17.5 Å². The van der Waals surface area contributed by atoms with Crippen LogP contribution in [0.5, 0.6) is 11.5 Å². The molecule has 3 aromatic rings. The van der Waals surface area contributed by atoms with Gasteiger partial charge in [0.15, 0.2) is 0 Å². The van der Waals surface area contributed by atoms with E-state index in [2.05, 4.69) is 22.3 Å². The number of ether oxygens (including phenoxy) is 1. The predicted molar refractivity (Wildman–Crippen MR) is 139 cm³/mol. The van der Waals surface area contributed by atoms with Crippen LogP contribution in [-0.2, 0) is 11.3 Å². The van der Waals surface area contributed by atoms with E-state index >= 15 is 0 Å². The summed E-state index contributed by atoms with van der Waals surface area (Å²) >= 11 is 0. The number of carbonyl (C=O) groups is 2. The quantitative estimate of drug-likeness (QED) is 0.551. The predicted octanol–water partition coefficient (Wildman–Crippen LogP) is 3.94. The van der Waals surface area contributed by atoms with Crippen molar-refractivity contribution in [3.05, 3.63) is 71.8 Å².